The van der Waals surface area contributed by atoms with Crippen molar-refractivity contribution < 1.29 is 19.4 Å². The Balaban J connectivity index is 1.94. The lowest BCUT2D eigenvalue weighted by Gasteiger charge is -2.14. The van der Waals surface area contributed by atoms with Gasteiger partial charge in [0, 0.05) is 12.6 Å². The van der Waals surface area contributed by atoms with Crippen LogP contribution in [-0.2, 0) is 11.3 Å². The minimum absolute atomic E-state index is 0.365. The van der Waals surface area contributed by atoms with Crippen LogP contribution in [0.1, 0.15) is 31.2 Å². The lowest BCUT2D eigenvalue weighted by Crippen LogP contribution is -2.25. The molecule has 0 atom stereocenters. The van der Waals surface area contributed by atoms with Gasteiger partial charge in [-0.15, -0.1) is 0 Å². The SMILES string of the molecule is COc1cc(CNC2CCCC2)ccc1OCC(=O)O. The second kappa shape index (κ2) is 7.14. The average molecular weight is 279 g/mol. The molecule has 2 rings (SSSR count). The fourth-order valence-electron chi connectivity index (χ4n) is 2.47. The van der Waals surface area contributed by atoms with Gasteiger partial charge in [0.2, 0.25) is 0 Å². The topological polar surface area (TPSA) is 67.8 Å². The number of aliphatic carboxylic acids is 1. The summed E-state index contributed by atoms with van der Waals surface area (Å²) in [6.45, 7) is 0.427. The Morgan fingerprint density at radius 3 is 2.75 bits per heavy atom. The molecule has 0 radical (unpaired) electrons. The first-order valence-electron chi connectivity index (χ1n) is 6.94. The van der Waals surface area contributed by atoms with Crippen LogP contribution in [-0.4, -0.2) is 30.8 Å². The summed E-state index contributed by atoms with van der Waals surface area (Å²) in [5, 5.41) is 12.2. The molecule has 0 saturated heterocycles. The van der Waals surface area contributed by atoms with Gasteiger partial charge in [0.25, 0.3) is 0 Å². The van der Waals surface area contributed by atoms with E-state index in [9.17, 15) is 4.79 Å². The monoisotopic (exact) mass is 279 g/mol. The third-order valence-electron chi connectivity index (χ3n) is 3.53. The maximum Gasteiger partial charge on any atom is 0.341 e. The number of benzene rings is 1. The lowest BCUT2D eigenvalue weighted by atomic mass is 10.1. The number of hydrogen-bond donors (Lipinski definition) is 2. The Kier molecular flexibility index (Phi) is 5.24. The summed E-state index contributed by atoms with van der Waals surface area (Å²) < 4.78 is 10.4. The number of carbonyl (C=O) groups is 1. The Morgan fingerprint density at radius 2 is 2.10 bits per heavy atom. The maximum atomic E-state index is 10.5. The van der Waals surface area contributed by atoms with Gasteiger partial charge in [-0.2, -0.15) is 0 Å². The van der Waals surface area contributed by atoms with Crippen LogP contribution in [0.3, 0.4) is 0 Å². The number of carboxylic acids is 1. The van der Waals surface area contributed by atoms with E-state index in [0.717, 1.165) is 12.1 Å². The molecule has 1 aliphatic rings. The Labute approximate surface area is 118 Å². The largest absolute Gasteiger partial charge is 0.493 e. The Bertz CT molecular complexity index is 455. The molecular formula is C15H21NO4. The zero-order chi connectivity index (χ0) is 14.4. The smallest absolute Gasteiger partial charge is 0.341 e. The molecule has 110 valence electrons. The molecule has 0 aromatic heterocycles. The number of rotatable bonds is 7. The van der Waals surface area contributed by atoms with E-state index in [4.69, 9.17) is 14.6 Å². The van der Waals surface area contributed by atoms with Crippen LogP contribution in [0.15, 0.2) is 18.2 Å². The highest BCUT2D eigenvalue weighted by molar-refractivity contribution is 5.68. The van der Waals surface area contributed by atoms with Crippen molar-refractivity contribution >= 4 is 5.97 Å². The van der Waals surface area contributed by atoms with Crippen molar-refractivity contribution in [3.05, 3.63) is 23.8 Å². The molecule has 0 aliphatic heterocycles. The lowest BCUT2D eigenvalue weighted by molar-refractivity contribution is -0.139. The van der Waals surface area contributed by atoms with E-state index in [1.165, 1.54) is 25.7 Å². The molecule has 0 spiro atoms. The molecule has 0 unspecified atom stereocenters. The van der Waals surface area contributed by atoms with E-state index in [1.807, 2.05) is 12.1 Å². The van der Waals surface area contributed by atoms with E-state index < -0.39 is 5.97 Å². The molecule has 0 amide bonds. The van der Waals surface area contributed by atoms with Crippen molar-refractivity contribution in [2.75, 3.05) is 13.7 Å². The fraction of sp³-hybridized carbons (Fsp3) is 0.533. The summed E-state index contributed by atoms with van der Waals surface area (Å²) in [7, 11) is 1.55. The van der Waals surface area contributed by atoms with Gasteiger partial charge in [-0.3, -0.25) is 0 Å². The van der Waals surface area contributed by atoms with Crippen LogP contribution >= 0.6 is 0 Å². The van der Waals surface area contributed by atoms with Crippen molar-refractivity contribution in [1.29, 1.82) is 0 Å². The van der Waals surface area contributed by atoms with Gasteiger partial charge in [-0.05, 0) is 30.5 Å². The van der Waals surface area contributed by atoms with Crippen LogP contribution in [0.2, 0.25) is 0 Å². The summed E-state index contributed by atoms with van der Waals surface area (Å²) in [6, 6.07) is 6.19. The molecule has 1 fully saturated rings. The van der Waals surface area contributed by atoms with Gasteiger partial charge in [-0.25, -0.2) is 4.79 Å². The molecule has 5 heteroatoms. The molecule has 1 aliphatic carbocycles. The van der Waals surface area contributed by atoms with Gasteiger partial charge in [-0.1, -0.05) is 18.9 Å². The third-order valence-corrected chi connectivity index (χ3v) is 3.53. The minimum Gasteiger partial charge on any atom is -0.493 e. The fourth-order valence-corrected chi connectivity index (χ4v) is 2.47. The van der Waals surface area contributed by atoms with Gasteiger partial charge >= 0.3 is 5.97 Å². The highest BCUT2D eigenvalue weighted by atomic mass is 16.5. The molecule has 0 heterocycles. The quantitative estimate of drug-likeness (QED) is 0.801. The minimum atomic E-state index is -1.00. The van der Waals surface area contributed by atoms with E-state index >= 15 is 0 Å². The summed E-state index contributed by atoms with van der Waals surface area (Å²) in [5.74, 6) is 0.0236. The van der Waals surface area contributed by atoms with Crippen LogP contribution in [0.4, 0.5) is 0 Å². The number of nitrogens with one attached hydrogen (secondary N) is 1. The predicted octanol–water partition coefficient (Wildman–Crippen LogP) is 2.19. The second-order valence-electron chi connectivity index (χ2n) is 5.03. The number of ether oxygens (including phenoxy) is 2. The van der Waals surface area contributed by atoms with E-state index in [1.54, 1.807) is 13.2 Å². The molecule has 2 N–H and O–H groups in total. The van der Waals surface area contributed by atoms with Crippen LogP contribution < -0.4 is 14.8 Å². The molecule has 1 saturated carbocycles. The third kappa shape index (κ3) is 4.13. The van der Waals surface area contributed by atoms with Crippen molar-refractivity contribution in [2.45, 2.75) is 38.3 Å². The second-order valence-corrected chi connectivity index (χ2v) is 5.03. The number of methoxy groups -OCH3 is 1. The van der Waals surface area contributed by atoms with Crippen molar-refractivity contribution in [3.63, 3.8) is 0 Å². The first-order chi connectivity index (χ1) is 9.69. The van der Waals surface area contributed by atoms with Crippen LogP contribution in [0.5, 0.6) is 11.5 Å². The van der Waals surface area contributed by atoms with Crippen molar-refractivity contribution in [2.24, 2.45) is 0 Å². The van der Waals surface area contributed by atoms with Gasteiger partial charge in [0.1, 0.15) is 0 Å². The van der Waals surface area contributed by atoms with E-state index in [0.29, 0.717) is 17.5 Å². The first kappa shape index (κ1) is 14.7. The Hall–Kier alpha value is -1.75. The van der Waals surface area contributed by atoms with E-state index in [2.05, 4.69) is 5.32 Å². The molecule has 1 aromatic carbocycles. The molecular weight excluding hydrogens is 258 g/mol. The van der Waals surface area contributed by atoms with Crippen molar-refractivity contribution in [1.82, 2.24) is 5.32 Å². The highest BCUT2D eigenvalue weighted by Gasteiger charge is 2.14. The zero-order valence-electron chi connectivity index (χ0n) is 11.7. The summed E-state index contributed by atoms with van der Waals surface area (Å²) in [5.41, 5.74) is 1.11. The summed E-state index contributed by atoms with van der Waals surface area (Å²) in [6.07, 6.45) is 5.11. The average Bonchev–Trinajstić information content (AvgIpc) is 2.96. The van der Waals surface area contributed by atoms with Crippen LogP contribution in [0, 0.1) is 0 Å². The van der Waals surface area contributed by atoms with Crippen molar-refractivity contribution in [3.8, 4) is 11.5 Å². The Morgan fingerprint density at radius 1 is 1.35 bits per heavy atom. The standard InChI is InChI=1S/C15H21NO4/c1-19-14-8-11(9-16-12-4-2-3-5-12)6-7-13(14)20-10-15(17)18/h6-8,12,16H,2-5,9-10H2,1H3,(H,17,18). The predicted molar refractivity (Wildman–Crippen MR) is 75.2 cm³/mol. The number of carboxylic acid groups (broad SMARTS) is 1. The summed E-state index contributed by atoms with van der Waals surface area (Å²) >= 11 is 0. The number of hydrogen-bond acceptors (Lipinski definition) is 4. The van der Waals surface area contributed by atoms with Gasteiger partial charge in [0.15, 0.2) is 18.1 Å². The van der Waals surface area contributed by atoms with Gasteiger partial charge < -0.3 is 19.9 Å². The maximum absolute atomic E-state index is 10.5. The van der Waals surface area contributed by atoms with E-state index in [-0.39, 0.29) is 6.61 Å². The zero-order valence-corrected chi connectivity index (χ0v) is 11.7. The highest BCUT2D eigenvalue weighted by Crippen LogP contribution is 2.28. The van der Waals surface area contributed by atoms with Crippen LogP contribution in [0.25, 0.3) is 0 Å². The molecule has 5 nitrogen and oxygen atoms in total. The summed E-state index contributed by atoms with van der Waals surface area (Å²) in [4.78, 5) is 10.5. The van der Waals surface area contributed by atoms with Gasteiger partial charge in [0.05, 0.1) is 7.11 Å². The normalized spacial score (nSPS) is 15.2. The molecule has 1 aromatic rings. The molecule has 20 heavy (non-hydrogen) atoms. The molecule has 0 bridgehead atoms. The first-order valence-corrected chi connectivity index (χ1v) is 6.94.